The average Bonchev–Trinajstić information content (AvgIpc) is 2.42. The molecule has 22 heavy (non-hydrogen) atoms. The monoisotopic (exact) mass is 306 g/mol. The summed E-state index contributed by atoms with van der Waals surface area (Å²) >= 11 is 0. The quantitative estimate of drug-likeness (QED) is 0.709. The highest BCUT2D eigenvalue weighted by molar-refractivity contribution is 5.14. The summed E-state index contributed by atoms with van der Waals surface area (Å²) in [5, 5.41) is 22.0. The minimum atomic E-state index is -0.537. The van der Waals surface area contributed by atoms with Gasteiger partial charge in [0.2, 0.25) is 0 Å². The van der Waals surface area contributed by atoms with E-state index in [1.165, 1.54) is 0 Å². The second-order valence-corrected chi connectivity index (χ2v) is 9.70. The SMILES string of the molecule is C=C[C@@]1(C)CCC2[C@](O)(CCC3C(C)(C)[C@H](O)CC[C@]32C)C1. The van der Waals surface area contributed by atoms with Crippen molar-refractivity contribution in [2.24, 2.45) is 28.1 Å². The fraction of sp³-hybridized carbons (Fsp3) is 0.900. The van der Waals surface area contributed by atoms with Crippen molar-refractivity contribution >= 4 is 0 Å². The zero-order valence-corrected chi connectivity index (χ0v) is 14.9. The van der Waals surface area contributed by atoms with Crippen LogP contribution in [-0.2, 0) is 0 Å². The van der Waals surface area contributed by atoms with E-state index < -0.39 is 5.60 Å². The van der Waals surface area contributed by atoms with Crippen LogP contribution in [0.2, 0.25) is 0 Å². The number of allylic oxidation sites excluding steroid dienone is 1. The number of aliphatic hydroxyl groups excluding tert-OH is 1. The average molecular weight is 306 g/mol. The molecule has 2 nitrogen and oxygen atoms in total. The van der Waals surface area contributed by atoms with Gasteiger partial charge in [-0.15, -0.1) is 6.58 Å². The van der Waals surface area contributed by atoms with Gasteiger partial charge < -0.3 is 10.2 Å². The normalized spacial score (nSPS) is 54.2. The Morgan fingerprint density at radius 3 is 2.23 bits per heavy atom. The molecule has 0 heterocycles. The molecule has 3 saturated carbocycles. The Labute approximate surface area is 136 Å². The third kappa shape index (κ3) is 2.13. The first-order valence-corrected chi connectivity index (χ1v) is 9.11. The molecule has 6 atom stereocenters. The summed E-state index contributed by atoms with van der Waals surface area (Å²) in [6.07, 6.45) is 8.82. The first kappa shape index (κ1) is 16.5. The molecule has 0 aromatic carbocycles. The minimum Gasteiger partial charge on any atom is -0.393 e. The fourth-order valence-electron chi connectivity index (χ4n) is 6.62. The van der Waals surface area contributed by atoms with Gasteiger partial charge in [0.1, 0.15) is 0 Å². The van der Waals surface area contributed by atoms with Gasteiger partial charge in [-0.3, -0.25) is 0 Å². The molecule has 2 heteroatoms. The number of hydrogen-bond acceptors (Lipinski definition) is 2. The highest BCUT2D eigenvalue weighted by Crippen LogP contribution is 2.66. The number of hydrogen-bond donors (Lipinski definition) is 2. The van der Waals surface area contributed by atoms with Crippen molar-refractivity contribution < 1.29 is 10.2 Å². The Morgan fingerprint density at radius 2 is 1.59 bits per heavy atom. The Hall–Kier alpha value is -0.340. The summed E-state index contributed by atoms with van der Waals surface area (Å²) in [5.74, 6) is 0.890. The second-order valence-electron chi connectivity index (χ2n) is 9.70. The zero-order valence-electron chi connectivity index (χ0n) is 14.9. The lowest BCUT2D eigenvalue weighted by Crippen LogP contribution is -2.63. The molecule has 3 aliphatic rings. The fourth-order valence-corrected chi connectivity index (χ4v) is 6.62. The molecule has 0 spiro atoms. The largest absolute Gasteiger partial charge is 0.393 e. The first-order valence-electron chi connectivity index (χ1n) is 9.11. The molecular weight excluding hydrogens is 272 g/mol. The second kappa shape index (κ2) is 4.83. The van der Waals surface area contributed by atoms with Crippen LogP contribution in [0.3, 0.4) is 0 Å². The van der Waals surface area contributed by atoms with E-state index in [1.807, 2.05) is 0 Å². The Bertz CT molecular complexity index is 470. The minimum absolute atomic E-state index is 0.0342. The summed E-state index contributed by atoms with van der Waals surface area (Å²) in [5.41, 5.74) is -0.325. The molecule has 0 amide bonds. The lowest BCUT2D eigenvalue weighted by molar-refractivity contribution is -0.221. The van der Waals surface area contributed by atoms with E-state index in [-0.39, 0.29) is 22.3 Å². The maximum atomic E-state index is 11.5. The predicted molar refractivity (Wildman–Crippen MR) is 90.4 cm³/mol. The van der Waals surface area contributed by atoms with Gasteiger partial charge in [-0.1, -0.05) is 33.8 Å². The summed E-state index contributed by atoms with van der Waals surface area (Å²) in [7, 11) is 0. The van der Waals surface area contributed by atoms with Crippen LogP contribution in [0.4, 0.5) is 0 Å². The Balaban J connectivity index is 1.95. The van der Waals surface area contributed by atoms with Crippen molar-refractivity contribution in [1.29, 1.82) is 0 Å². The highest BCUT2D eigenvalue weighted by atomic mass is 16.3. The summed E-state index contributed by atoms with van der Waals surface area (Å²) in [6, 6.07) is 0. The lowest BCUT2D eigenvalue weighted by atomic mass is 9.41. The maximum Gasteiger partial charge on any atom is 0.0689 e. The van der Waals surface area contributed by atoms with E-state index in [9.17, 15) is 10.2 Å². The third-order valence-corrected chi connectivity index (χ3v) is 8.03. The highest BCUT2D eigenvalue weighted by Gasteiger charge is 2.63. The van der Waals surface area contributed by atoms with Gasteiger partial charge in [-0.05, 0) is 73.0 Å². The number of fused-ring (bicyclic) bond motifs is 3. The van der Waals surface area contributed by atoms with Crippen LogP contribution < -0.4 is 0 Å². The summed E-state index contributed by atoms with van der Waals surface area (Å²) in [6.45, 7) is 13.1. The van der Waals surface area contributed by atoms with Crippen LogP contribution in [0.15, 0.2) is 12.7 Å². The molecule has 126 valence electrons. The standard InChI is InChI=1S/C20H34O2/c1-6-18(4)10-7-15-19(5)11-9-16(21)17(2,3)14(19)8-12-20(15,22)13-18/h6,14-16,21-22H,1,7-13H2,2-5H3/t14?,15?,16-,18+,19-,20+/m1/s1. The van der Waals surface area contributed by atoms with Crippen molar-refractivity contribution in [3.63, 3.8) is 0 Å². The molecule has 0 aromatic rings. The topological polar surface area (TPSA) is 40.5 Å². The van der Waals surface area contributed by atoms with Gasteiger partial charge in [0.05, 0.1) is 11.7 Å². The van der Waals surface area contributed by atoms with Crippen molar-refractivity contribution in [3.05, 3.63) is 12.7 Å². The predicted octanol–water partition coefficient (Wildman–Crippen LogP) is 4.31. The van der Waals surface area contributed by atoms with Crippen LogP contribution in [0.5, 0.6) is 0 Å². The Kier molecular flexibility index (Phi) is 3.63. The molecule has 0 radical (unpaired) electrons. The van der Waals surface area contributed by atoms with Crippen LogP contribution in [0, 0.1) is 28.1 Å². The van der Waals surface area contributed by atoms with Gasteiger partial charge in [0.15, 0.2) is 0 Å². The van der Waals surface area contributed by atoms with Crippen molar-refractivity contribution in [2.45, 2.75) is 84.3 Å². The van der Waals surface area contributed by atoms with Crippen LogP contribution in [0.1, 0.15) is 72.6 Å². The van der Waals surface area contributed by atoms with Gasteiger partial charge in [0, 0.05) is 0 Å². The molecule has 3 aliphatic carbocycles. The Morgan fingerprint density at radius 1 is 0.955 bits per heavy atom. The van der Waals surface area contributed by atoms with E-state index in [1.54, 1.807) is 0 Å². The molecular formula is C20H34O2. The van der Waals surface area contributed by atoms with Crippen LogP contribution in [-0.4, -0.2) is 21.9 Å². The maximum absolute atomic E-state index is 11.5. The molecule has 0 aromatic heterocycles. The smallest absolute Gasteiger partial charge is 0.0689 e. The van der Waals surface area contributed by atoms with E-state index in [4.69, 9.17) is 0 Å². The number of rotatable bonds is 1. The van der Waals surface area contributed by atoms with Gasteiger partial charge >= 0.3 is 0 Å². The third-order valence-electron chi connectivity index (χ3n) is 8.03. The molecule has 3 rings (SSSR count). The van der Waals surface area contributed by atoms with Gasteiger partial charge in [-0.2, -0.15) is 0 Å². The molecule has 3 fully saturated rings. The first-order chi connectivity index (χ1) is 10.1. The van der Waals surface area contributed by atoms with Gasteiger partial charge in [0.25, 0.3) is 0 Å². The van der Waals surface area contributed by atoms with E-state index in [2.05, 4.69) is 40.3 Å². The molecule has 2 N–H and O–H groups in total. The van der Waals surface area contributed by atoms with Crippen molar-refractivity contribution in [1.82, 2.24) is 0 Å². The number of aliphatic hydroxyl groups is 2. The van der Waals surface area contributed by atoms with E-state index in [0.717, 1.165) is 44.9 Å². The molecule has 0 aliphatic heterocycles. The van der Waals surface area contributed by atoms with Crippen molar-refractivity contribution in [2.75, 3.05) is 0 Å². The zero-order chi connectivity index (χ0) is 16.4. The van der Waals surface area contributed by atoms with Crippen LogP contribution >= 0.6 is 0 Å². The van der Waals surface area contributed by atoms with E-state index >= 15 is 0 Å². The van der Waals surface area contributed by atoms with Gasteiger partial charge in [-0.25, -0.2) is 0 Å². The van der Waals surface area contributed by atoms with Crippen LogP contribution in [0.25, 0.3) is 0 Å². The van der Waals surface area contributed by atoms with E-state index in [0.29, 0.717) is 11.8 Å². The summed E-state index contributed by atoms with van der Waals surface area (Å²) in [4.78, 5) is 0. The molecule has 0 bridgehead atoms. The summed E-state index contributed by atoms with van der Waals surface area (Å²) < 4.78 is 0. The lowest BCUT2D eigenvalue weighted by Gasteiger charge is -2.65. The molecule has 2 unspecified atom stereocenters. The molecule has 0 saturated heterocycles. The van der Waals surface area contributed by atoms with Crippen molar-refractivity contribution in [3.8, 4) is 0 Å².